The van der Waals surface area contributed by atoms with Crippen molar-refractivity contribution in [2.45, 2.75) is 25.3 Å². The summed E-state index contributed by atoms with van der Waals surface area (Å²) in [6.45, 7) is 1.83. The van der Waals surface area contributed by atoms with E-state index < -0.39 is 23.4 Å². The average Bonchev–Trinajstić information content (AvgIpc) is 3.26. The fourth-order valence-corrected chi connectivity index (χ4v) is 3.67. The summed E-state index contributed by atoms with van der Waals surface area (Å²) in [5.74, 6) is -1.95. The Bertz CT molecular complexity index is 1110. The Balaban J connectivity index is 1.98. The maximum atomic E-state index is 14.9. The Morgan fingerprint density at radius 1 is 1.37 bits per heavy atom. The van der Waals surface area contributed by atoms with Crippen LogP contribution in [0.15, 0.2) is 35.4 Å². The van der Waals surface area contributed by atoms with Crippen LogP contribution in [0.4, 0.5) is 4.39 Å². The van der Waals surface area contributed by atoms with Crippen molar-refractivity contribution in [3.63, 3.8) is 0 Å². The van der Waals surface area contributed by atoms with E-state index in [4.69, 9.17) is 11.6 Å². The van der Waals surface area contributed by atoms with Crippen LogP contribution in [-0.4, -0.2) is 35.9 Å². The smallest absolute Gasteiger partial charge is 0.326 e. The van der Waals surface area contributed by atoms with Crippen LogP contribution < -0.4 is 5.56 Å². The number of benzene rings is 1. The van der Waals surface area contributed by atoms with Gasteiger partial charge in [0.05, 0.1) is 10.7 Å². The number of carboxylic acid groups (broad SMARTS) is 1. The number of tetrazole rings is 1. The molecular formula is C17H13ClFN5O3. The number of carbonyl (C=O) groups is 1. The lowest BCUT2D eigenvalue weighted by Crippen LogP contribution is -2.27. The monoisotopic (exact) mass is 389 g/mol. The zero-order valence-corrected chi connectivity index (χ0v) is 14.8. The number of nitrogens with zero attached hydrogens (tertiary/aromatic N) is 5. The van der Waals surface area contributed by atoms with Gasteiger partial charge in [-0.2, -0.15) is 4.68 Å². The lowest BCUT2D eigenvalue weighted by Gasteiger charge is -2.15. The van der Waals surface area contributed by atoms with Crippen molar-refractivity contribution in [1.29, 1.82) is 0 Å². The summed E-state index contributed by atoms with van der Waals surface area (Å²) < 4.78 is 17.4. The molecule has 10 heteroatoms. The molecule has 0 fully saturated rings. The van der Waals surface area contributed by atoms with Crippen molar-refractivity contribution in [3.05, 3.63) is 57.5 Å². The fourth-order valence-electron chi connectivity index (χ4n) is 3.51. The summed E-state index contributed by atoms with van der Waals surface area (Å²) in [7, 11) is 0. The summed E-state index contributed by atoms with van der Waals surface area (Å²) in [6, 6.07) is 4.82. The number of hydrogen-bond donors (Lipinski definition) is 1. The van der Waals surface area contributed by atoms with Crippen molar-refractivity contribution < 1.29 is 14.3 Å². The van der Waals surface area contributed by atoms with Crippen LogP contribution in [0, 0.1) is 5.82 Å². The predicted molar refractivity (Wildman–Crippen MR) is 93.5 cm³/mol. The van der Waals surface area contributed by atoms with E-state index in [9.17, 15) is 19.1 Å². The van der Waals surface area contributed by atoms with Gasteiger partial charge >= 0.3 is 5.97 Å². The molecule has 0 saturated heterocycles. The second-order valence-electron chi connectivity index (χ2n) is 6.38. The predicted octanol–water partition coefficient (Wildman–Crippen LogP) is 2.42. The molecule has 138 valence electrons. The van der Waals surface area contributed by atoms with Crippen LogP contribution >= 0.6 is 11.6 Å². The molecule has 1 aliphatic rings. The molecule has 3 aromatic rings. The van der Waals surface area contributed by atoms with Gasteiger partial charge in [-0.1, -0.05) is 18.5 Å². The molecular weight excluding hydrogens is 377 g/mol. The molecule has 8 nitrogen and oxygen atoms in total. The van der Waals surface area contributed by atoms with Crippen LogP contribution in [0.2, 0.25) is 5.02 Å². The molecule has 0 amide bonds. The third-order valence-corrected chi connectivity index (χ3v) is 5.03. The highest BCUT2D eigenvalue weighted by Gasteiger charge is 2.34. The summed E-state index contributed by atoms with van der Waals surface area (Å²) in [5.41, 5.74) is 0.691. The summed E-state index contributed by atoms with van der Waals surface area (Å²) >= 11 is 5.95. The Labute approximate surface area is 156 Å². The zero-order chi connectivity index (χ0) is 19.3. The molecule has 2 aromatic heterocycles. The van der Waals surface area contributed by atoms with Gasteiger partial charge in [0.15, 0.2) is 5.82 Å². The van der Waals surface area contributed by atoms with Gasteiger partial charge in [-0.3, -0.25) is 9.36 Å². The molecule has 0 saturated carbocycles. The molecule has 4 rings (SSSR count). The standard InChI is InChI=1S/C17H13ClFN5O3/c1-8-4-13(17(26)27)24-12(8)5-9(6-14(24)25)15-11(23-7-20-21-22-23)3-2-10(18)16(15)19/h2-3,5-8,13H,4H2,1H3,(H,26,27). The Hall–Kier alpha value is -3.07. The van der Waals surface area contributed by atoms with E-state index in [0.717, 1.165) is 0 Å². The minimum Gasteiger partial charge on any atom is -0.480 e. The molecule has 3 heterocycles. The van der Waals surface area contributed by atoms with Crippen LogP contribution in [0.3, 0.4) is 0 Å². The van der Waals surface area contributed by atoms with Crippen molar-refractivity contribution in [3.8, 4) is 16.8 Å². The maximum absolute atomic E-state index is 14.9. The number of fused-ring (bicyclic) bond motifs is 1. The van der Waals surface area contributed by atoms with Crippen molar-refractivity contribution >= 4 is 17.6 Å². The second kappa shape index (κ2) is 6.27. The van der Waals surface area contributed by atoms with Crippen LogP contribution in [-0.2, 0) is 4.79 Å². The SMILES string of the molecule is CC1CC(C(=O)O)n2c1cc(-c1c(-n3cnnn3)ccc(Cl)c1F)cc2=O. The topological polar surface area (TPSA) is 103 Å². The first-order valence-corrected chi connectivity index (χ1v) is 8.47. The molecule has 0 radical (unpaired) electrons. The number of halogens is 2. The van der Waals surface area contributed by atoms with Gasteiger partial charge in [0.2, 0.25) is 0 Å². The first kappa shape index (κ1) is 17.3. The maximum Gasteiger partial charge on any atom is 0.326 e. The van der Waals surface area contributed by atoms with E-state index in [-0.39, 0.29) is 22.1 Å². The van der Waals surface area contributed by atoms with Gasteiger partial charge in [-0.25, -0.2) is 9.18 Å². The number of rotatable bonds is 3. The lowest BCUT2D eigenvalue weighted by molar-refractivity contribution is -0.140. The number of pyridine rings is 1. The number of aromatic nitrogens is 5. The minimum absolute atomic E-state index is 0.0706. The zero-order valence-electron chi connectivity index (χ0n) is 14.0. The van der Waals surface area contributed by atoms with Crippen LogP contribution in [0.5, 0.6) is 0 Å². The van der Waals surface area contributed by atoms with Crippen LogP contribution in [0.1, 0.15) is 31.0 Å². The van der Waals surface area contributed by atoms with Gasteiger partial charge in [0.25, 0.3) is 5.56 Å². The third-order valence-electron chi connectivity index (χ3n) is 4.73. The molecule has 1 N–H and O–H groups in total. The summed E-state index contributed by atoms with van der Waals surface area (Å²) in [6.07, 6.45) is 1.60. The van der Waals surface area contributed by atoms with E-state index in [2.05, 4.69) is 15.5 Å². The summed E-state index contributed by atoms with van der Waals surface area (Å²) in [5, 5.41) is 20.1. The Morgan fingerprint density at radius 2 is 2.15 bits per heavy atom. The Morgan fingerprint density at radius 3 is 2.81 bits per heavy atom. The second-order valence-corrected chi connectivity index (χ2v) is 6.78. The minimum atomic E-state index is -1.07. The molecule has 0 bridgehead atoms. The molecule has 27 heavy (non-hydrogen) atoms. The van der Waals surface area contributed by atoms with Crippen molar-refractivity contribution in [2.24, 2.45) is 0 Å². The summed E-state index contributed by atoms with van der Waals surface area (Å²) in [4.78, 5) is 24.1. The highest BCUT2D eigenvalue weighted by Crippen LogP contribution is 2.38. The first-order chi connectivity index (χ1) is 12.9. The molecule has 1 aliphatic heterocycles. The van der Waals surface area contributed by atoms with E-state index in [1.54, 1.807) is 12.1 Å². The van der Waals surface area contributed by atoms with E-state index in [0.29, 0.717) is 17.8 Å². The molecule has 0 spiro atoms. The third kappa shape index (κ3) is 2.71. The first-order valence-electron chi connectivity index (χ1n) is 8.09. The molecule has 2 atom stereocenters. The normalized spacial score (nSPS) is 18.5. The van der Waals surface area contributed by atoms with Gasteiger partial charge < -0.3 is 5.11 Å². The molecule has 2 unspecified atom stereocenters. The lowest BCUT2D eigenvalue weighted by atomic mass is 9.99. The van der Waals surface area contributed by atoms with Gasteiger partial charge in [-0.15, -0.1) is 5.10 Å². The number of hydrogen-bond acceptors (Lipinski definition) is 5. The fraction of sp³-hybridized carbons (Fsp3) is 0.235. The van der Waals surface area contributed by atoms with E-state index in [1.807, 2.05) is 6.92 Å². The molecule has 1 aromatic carbocycles. The van der Waals surface area contributed by atoms with Crippen molar-refractivity contribution in [2.75, 3.05) is 0 Å². The highest BCUT2D eigenvalue weighted by atomic mass is 35.5. The quantitative estimate of drug-likeness (QED) is 0.737. The van der Waals surface area contributed by atoms with E-state index >= 15 is 0 Å². The van der Waals surface area contributed by atoms with Gasteiger partial charge in [-0.05, 0) is 46.5 Å². The Kier molecular flexibility index (Phi) is 4.03. The average molecular weight is 390 g/mol. The largest absolute Gasteiger partial charge is 0.480 e. The highest BCUT2D eigenvalue weighted by molar-refractivity contribution is 6.31. The van der Waals surface area contributed by atoms with E-state index in [1.165, 1.54) is 27.7 Å². The van der Waals surface area contributed by atoms with Crippen molar-refractivity contribution in [1.82, 2.24) is 24.8 Å². The number of aliphatic carboxylic acids is 1. The number of carboxylic acids is 1. The molecule has 0 aliphatic carbocycles. The van der Waals surface area contributed by atoms with Crippen LogP contribution in [0.25, 0.3) is 16.8 Å². The van der Waals surface area contributed by atoms with Gasteiger partial charge in [0.1, 0.15) is 12.4 Å². The van der Waals surface area contributed by atoms with Gasteiger partial charge in [0, 0.05) is 17.3 Å².